The minimum absolute atomic E-state index is 0.326. The molecule has 1 aromatic rings. The number of hydrogen-bond acceptors (Lipinski definition) is 4. The van der Waals surface area contributed by atoms with E-state index in [-0.39, 0.29) is 0 Å². The molecule has 0 saturated carbocycles. The molecule has 6 nitrogen and oxygen atoms in total. The average Bonchev–Trinajstić information content (AvgIpc) is 2.30. The molecule has 104 valence electrons. The molecule has 0 saturated heterocycles. The molecule has 0 aliphatic carbocycles. The fourth-order valence-electron chi connectivity index (χ4n) is 1.11. The molecule has 19 heavy (non-hydrogen) atoms. The van der Waals surface area contributed by atoms with Gasteiger partial charge in [0.15, 0.2) is 0 Å². The van der Waals surface area contributed by atoms with Crippen LogP contribution in [0.1, 0.15) is 5.56 Å². The Labute approximate surface area is 111 Å². The summed E-state index contributed by atoms with van der Waals surface area (Å²) < 4.78 is 0. The maximum absolute atomic E-state index is 9.55. The Hall–Kier alpha value is -2.34. The third-order valence-corrected chi connectivity index (χ3v) is 1.80. The molecule has 0 radical (unpaired) electrons. The Morgan fingerprint density at radius 3 is 1.79 bits per heavy atom. The molecule has 0 fully saturated rings. The lowest BCUT2D eigenvalue weighted by Crippen LogP contribution is -2.10. The molecule has 0 aliphatic heterocycles. The molecule has 0 spiro atoms. The van der Waals surface area contributed by atoms with Gasteiger partial charge in [0.05, 0.1) is 0 Å². The quantitative estimate of drug-likeness (QED) is 0.708. The van der Waals surface area contributed by atoms with Gasteiger partial charge in [0, 0.05) is 18.7 Å². The van der Waals surface area contributed by atoms with Gasteiger partial charge in [-0.05, 0) is 31.8 Å². The number of carboxylic acid groups (broad SMARTS) is 2. The number of rotatable bonds is 4. The van der Waals surface area contributed by atoms with Crippen molar-refractivity contribution in [2.24, 2.45) is 0 Å². The highest BCUT2D eigenvalue weighted by Crippen LogP contribution is 2.10. The van der Waals surface area contributed by atoms with Crippen LogP contribution < -0.4 is 0 Å². The van der Waals surface area contributed by atoms with E-state index in [4.69, 9.17) is 15.3 Å². The highest BCUT2D eigenvalue weighted by molar-refractivity contribution is 5.89. The number of phenols is 1. The Morgan fingerprint density at radius 1 is 1.05 bits per heavy atom. The fourth-order valence-corrected chi connectivity index (χ4v) is 1.11. The minimum Gasteiger partial charge on any atom is -0.508 e. The zero-order valence-electron chi connectivity index (χ0n) is 10.8. The van der Waals surface area contributed by atoms with Crippen molar-refractivity contribution in [1.29, 1.82) is 0 Å². The molecule has 1 aromatic carbocycles. The van der Waals surface area contributed by atoms with Crippen LogP contribution in [-0.4, -0.2) is 46.3 Å². The SMILES string of the molecule is CN(C)Cc1ccc(O)cc1.O=C(O)C=CC(=O)O. The number of carboxylic acids is 2. The molecule has 0 aliphatic rings. The smallest absolute Gasteiger partial charge is 0.328 e. The molecule has 3 N–H and O–H groups in total. The van der Waals surface area contributed by atoms with E-state index >= 15 is 0 Å². The van der Waals surface area contributed by atoms with Crippen LogP contribution >= 0.6 is 0 Å². The van der Waals surface area contributed by atoms with E-state index in [2.05, 4.69) is 4.90 Å². The summed E-state index contributed by atoms with van der Waals surface area (Å²) in [6.07, 6.45) is 1.12. The molecule has 0 bridgehead atoms. The number of phenolic OH excluding ortho intramolecular Hbond substituents is 1. The number of hydrogen-bond donors (Lipinski definition) is 3. The molecule has 0 aromatic heterocycles. The topological polar surface area (TPSA) is 98.1 Å². The van der Waals surface area contributed by atoms with E-state index < -0.39 is 11.9 Å². The second-order valence-electron chi connectivity index (χ2n) is 3.91. The van der Waals surface area contributed by atoms with Crippen LogP contribution in [0.4, 0.5) is 0 Å². The lowest BCUT2D eigenvalue weighted by molar-refractivity contribution is -0.134. The van der Waals surface area contributed by atoms with Gasteiger partial charge in [-0.1, -0.05) is 12.1 Å². The van der Waals surface area contributed by atoms with E-state index in [0.29, 0.717) is 17.9 Å². The predicted molar refractivity (Wildman–Crippen MR) is 69.9 cm³/mol. The van der Waals surface area contributed by atoms with E-state index in [1.165, 1.54) is 5.56 Å². The van der Waals surface area contributed by atoms with E-state index in [0.717, 1.165) is 6.54 Å². The zero-order chi connectivity index (χ0) is 14.8. The van der Waals surface area contributed by atoms with Crippen LogP contribution in [0.5, 0.6) is 5.75 Å². The number of aromatic hydroxyl groups is 1. The van der Waals surface area contributed by atoms with Gasteiger partial charge >= 0.3 is 11.9 Å². The Bertz CT molecular complexity index is 421. The first-order chi connectivity index (χ1) is 8.81. The van der Waals surface area contributed by atoms with Crippen molar-refractivity contribution in [2.75, 3.05) is 14.1 Å². The molecule has 0 heterocycles. The lowest BCUT2D eigenvalue weighted by Gasteiger charge is -2.08. The summed E-state index contributed by atoms with van der Waals surface area (Å²) >= 11 is 0. The molecule has 0 atom stereocenters. The van der Waals surface area contributed by atoms with Crippen molar-refractivity contribution < 1.29 is 24.9 Å². The second-order valence-corrected chi connectivity index (χ2v) is 3.91. The van der Waals surface area contributed by atoms with Crippen molar-refractivity contribution in [2.45, 2.75) is 6.54 Å². The number of aliphatic carboxylic acids is 2. The Kier molecular flexibility index (Phi) is 7.64. The van der Waals surface area contributed by atoms with Crippen molar-refractivity contribution >= 4 is 11.9 Å². The predicted octanol–water partition coefficient (Wildman–Crippen LogP) is 1.17. The number of carbonyl (C=O) groups is 2. The normalized spacial score (nSPS) is 10.1. The third-order valence-electron chi connectivity index (χ3n) is 1.80. The van der Waals surface area contributed by atoms with Crippen LogP contribution in [0.2, 0.25) is 0 Å². The second kappa shape index (κ2) is 8.71. The summed E-state index contributed by atoms with van der Waals surface area (Å²) in [6, 6.07) is 7.27. The van der Waals surface area contributed by atoms with Gasteiger partial charge in [0.1, 0.15) is 5.75 Å². The summed E-state index contributed by atoms with van der Waals surface area (Å²) in [5, 5.41) is 24.6. The van der Waals surface area contributed by atoms with Gasteiger partial charge in [-0.25, -0.2) is 9.59 Å². The van der Waals surface area contributed by atoms with Gasteiger partial charge in [0.25, 0.3) is 0 Å². The summed E-state index contributed by atoms with van der Waals surface area (Å²) in [5.74, 6) is -2.19. The number of benzene rings is 1. The van der Waals surface area contributed by atoms with Crippen molar-refractivity contribution in [1.82, 2.24) is 4.90 Å². The van der Waals surface area contributed by atoms with Gasteiger partial charge in [-0.15, -0.1) is 0 Å². The third kappa shape index (κ3) is 10.5. The first kappa shape index (κ1) is 16.7. The van der Waals surface area contributed by atoms with Crippen LogP contribution in [0.25, 0.3) is 0 Å². The largest absolute Gasteiger partial charge is 0.508 e. The number of nitrogens with zero attached hydrogens (tertiary/aromatic N) is 1. The molecule has 1 rings (SSSR count). The van der Waals surface area contributed by atoms with Gasteiger partial charge < -0.3 is 20.2 Å². The molecular formula is C13H17NO5. The summed E-state index contributed by atoms with van der Waals surface area (Å²) in [6.45, 7) is 0.917. The fraction of sp³-hybridized carbons (Fsp3) is 0.231. The summed E-state index contributed by atoms with van der Waals surface area (Å²) in [4.78, 5) is 21.2. The maximum Gasteiger partial charge on any atom is 0.328 e. The first-order valence-electron chi connectivity index (χ1n) is 5.38. The standard InChI is InChI=1S/C9H13NO.C4H4O4/c1-10(2)7-8-3-5-9(11)6-4-8;5-3(6)1-2-4(7)8/h3-6,11H,7H2,1-2H3;1-2H,(H,5,6)(H,7,8). The van der Waals surface area contributed by atoms with Crippen LogP contribution in [0, 0.1) is 0 Å². The minimum atomic E-state index is -1.26. The summed E-state index contributed by atoms with van der Waals surface area (Å²) in [7, 11) is 4.04. The lowest BCUT2D eigenvalue weighted by atomic mass is 10.2. The highest BCUT2D eigenvalue weighted by atomic mass is 16.4. The van der Waals surface area contributed by atoms with Crippen molar-refractivity contribution in [3.63, 3.8) is 0 Å². The maximum atomic E-state index is 9.55. The van der Waals surface area contributed by atoms with Crippen LogP contribution in [0.3, 0.4) is 0 Å². The van der Waals surface area contributed by atoms with Crippen molar-refractivity contribution in [3.8, 4) is 5.75 Å². The van der Waals surface area contributed by atoms with Gasteiger partial charge in [-0.2, -0.15) is 0 Å². The highest BCUT2D eigenvalue weighted by Gasteiger charge is 1.93. The molecular weight excluding hydrogens is 250 g/mol. The van der Waals surface area contributed by atoms with Gasteiger partial charge in [-0.3, -0.25) is 0 Å². The Balaban J connectivity index is 0.000000362. The van der Waals surface area contributed by atoms with Gasteiger partial charge in [0.2, 0.25) is 0 Å². The molecule has 0 amide bonds. The molecule has 6 heteroatoms. The monoisotopic (exact) mass is 267 g/mol. The zero-order valence-corrected chi connectivity index (χ0v) is 10.8. The molecule has 0 unspecified atom stereocenters. The van der Waals surface area contributed by atoms with E-state index in [1.54, 1.807) is 12.1 Å². The summed E-state index contributed by atoms with van der Waals surface area (Å²) in [5.41, 5.74) is 1.22. The Morgan fingerprint density at radius 2 is 1.47 bits per heavy atom. The van der Waals surface area contributed by atoms with E-state index in [9.17, 15) is 9.59 Å². The average molecular weight is 267 g/mol. The van der Waals surface area contributed by atoms with Crippen LogP contribution in [0.15, 0.2) is 36.4 Å². The van der Waals surface area contributed by atoms with Crippen LogP contribution in [-0.2, 0) is 16.1 Å². The first-order valence-corrected chi connectivity index (χ1v) is 5.38. The van der Waals surface area contributed by atoms with Crippen molar-refractivity contribution in [3.05, 3.63) is 42.0 Å². The van der Waals surface area contributed by atoms with E-state index in [1.807, 2.05) is 26.2 Å².